The number of anilines is 2. The van der Waals surface area contributed by atoms with Crippen LogP contribution in [0.4, 0.5) is 11.4 Å². The molecule has 6 nitrogen and oxygen atoms in total. The molecule has 0 saturated carbocycles. The van der Waals surface area contributed by atoms with Crippen molar-refractivity contribution in [3.8, 4) is 12.1 Å². The molecule has 0 spiro atoms. The van der Waals surface area contributed by atoms with Gasteiger partial charge >= 0.3 is 0 Å². The Morgan fingerprint density at radius 1 is 0.810 bits per heavy atom. The molecule has 2 aromatic rings. The molecule has 0 amide bonds. The molecule has 0 heterocycles. The van der Waals surface area contributed by atoms with Crippen LogP contribution in [-0.4, -0.2) is 8.42 Å². The standard InChI is InChI=1S/C14H10N4O2S/c15-7-9-3-1-4-10(8-16)13(9)21(19,20)14-11(17)5-2-6-12(14)18/h1-6H,17-18H2. The third kappa shape index (κ3) is 2.27. The molecule has 0 bridgehead atoms. The van der Waals surface area contributed by atoms with Crippen molar-refractivity contribution in [1.82, 2.24) is 0 Å². The lowest BCUT2D eigenvalue weighted by Crippen LogP contribution is -2.12. The van der Waals surface area contributed by atoms with Crippen LogP contribution < -0.4 is 11.5 Å². The first-order valence-electron chi connectivity index (χ1n) is 5.75. The first kappa shape index (κ1) is 14.4. The fourth-order valence-electron chi connectivity index (χ4n) is 1.99. The molecule has 0 fully saturated rings. The van der Waals surface area contributed by atoms with Crippen LogP contribution in [-0.2, 0) is 9.84 Å². The van der Waals surface area contributed by atoms with Gasteiger partial charge in [-0.05, 0) is 24.3 Å². The van der Waals surface area contributed by atoms with E-state index < -0.39 is 9.84 Å². The summed E-state index contributed by atoms with van der Waals surface area (Å²) < 4.78 is 25.5. The largest absolute Gasteiger partial charge is 0.398 e. The topological polar surface area (TPSA) is 134 Å². The maximum absolute atomic E-state index is 12.8. The molecule has 21 heavy (non-hydrogen) atoms. The second-order valence-electron chi connectivity index (χ2n) is 4.17. The average molecular weight is 298 g/mol. The van der Waals surface area contributed by atoms with E-state index in [4.69, 9.17) is 22.0 Å². The van der Waals surface area contributed by atoms with E-state index in [9.17, 15) is 8.42 Å². The lowest BCUT2D eigenvalue weighted by atomic mass is 10.1. The summed E-state index contributed by atoms with van der Waals surface area (Å²) in [6.45, 7) is 0. The van der Waals surface area contributed by atoms with E-state index in [-0.39, 0.29) is 32.3 Å². The number of rotatable bonds is 2. The smallest absolute Gasteiger partial charge is 0.213 e. The van der Waals surface area contributed by atoms with Crippen LogP contribution in [0, 0.1) is 22.7 Å². The van der Waals surface area contributed by atoms with E-state index in [0.717, 1.165) is 0 Å². The van der Waals surface area contributed by atoms with Crippen molar-refractivity contribution < 1.29 is 8.42 Å². The highest BCUT2D eigenvalue weighted by molar-refractivity contribution is 7.92. The monoisotopic (exact) mass is 298 g/mol. The van der Waals surface area contributed by atoms with Gasteiger partial charge in [-0.15, -0.1) is 0 Å². The van der Waals surface area contributed by atoms with Gasteiger partial charge in [-0.25, -0.2) is 8.42 Å². The summed E-state index contributed by atoms with van der Waals surface area (Å²) in [6, 6.07) is 11.9. The van der Waals surface area contributed by atoms with Gasteiger partial charge in [0.25, 0.3) is 0 Å². The number of nitriles is 2. The lowest BCUT2D eigenvalue weighted by Gasteiger charge is -2.12. The minimum absolute atomic E-state index is 0.0355. The van der Waals surface area contributed by atoms with Gasteiger partial charge in [0.15, 0.2) is 0 Å². The van der Waals surface area contributed by atoms with E-state index in [1.807, 2.05) is 0 Å². The molecule has 0 aliphatic rings. The Kier molecular flexibility index (Phi) is 3.53. The van der Waals surface area contributed by atoms with Crippen molar-refractivity contribution in [2.45, 2.75) is 9.79 Å². The maximum atomic E-state index is 12.8. The Bertz CT molecular complexity index is 853. The number of hydrogen-bond acceptors (Lipinski definition) is 6. The molecule has 0 saturated heterocycles. The number of nitrogens with zero attached hydrogens (tertiary/aromatic N) is 2. The summed E-state index contributed by atoms with van der Waals surface area (Å²) in [7, 11) is -4.18. The highest BCUT2D eigenvalue weighted by Crippen LogP contribution is 2.33. The second kappa shape index (κ2) is 5.16. The fourth-order valence-corrected chi connectivity index (χ4v) is 3.76. The van der Waals surface area contributed by atoms with Gasteiger partial charge in [0, 0.05) is 0 Å². The first-order chi connectivity index (χ1) is 9.93. The molecule has 0 aliphatic heterocycles. The summed E-state index contributed by atoms with van der Waals surface area (Å²) >= 11 is 0. The normalized spacial score (nSPS) is 10.6. The van der Waals surface area contributed by atoms with Crippen molar-refractivity contribution in [2.24, 2.45) is 0 Å². The molecule has 0 atom stereocenters. The van der Waals surface area contributed by atoms with E-state index in [0.29, 0.717) is 0 Å². The fraction of sp³-hybridized carbons (Fsp3) is 0. The van der Waals surface area contributed by atoms with Crippen molar-refractivity contribution in [1.29, 1.82) is 10.5 Å². The summed E-state index contributed by atoms with van der Waals surface area (Å²) in [4.78, 5) is -0.663. The van der Waals surface area contributed by atoms with Crippen LogP contribution in [0.25, 0.3) is 0 Å². The molecule has 104 valence electrons. The van der Waals surface area contributed by atoms with Crippen molar-refractivity contribution >= 4 is 21.2 Å². The van der Waals surface area contributed by atoms with Gasteiger partial charge < -0.3 is 11.5 Å². The van der Waals surface area contributed by atoms with Gasteiger partial charge in [-0.3, -0.25) is 0 Å². The SMILES string of the molecule is N#Cc1cccc(C#N)c1S(=O)(=O)c1c(N)cccc1N. The molecule has 0 unspecified atom stereocenters. The highest BCUT2D eigenvalue weighted by atomic mass is 32.2. The van der Waals surface area contributed by atoms with Crippen molar-refractivity contribution in [3.05, 3.63) is 47.5 Å². The number of hydrogen-bond donors (Lipinski definition) is 2. The molecule has 7 heteroatoms. The summed E-state index contributed by atoms with van der Waals surface area (Å²) in [5.41, 5.74) is 11.1. The molecule has 0 aliphatic carbocycles. The van der Waals surface area contributed by atoms with Gasteiger partial charge in [-0.1, -0.05) is 12.1 Å². The third-order valence-corrected chi connectivity index (χ3v) is 4.86. The van der Waals surface area contributed by atoms with E-state index in [1.54, 1.807) is 12.1 Å². The van der Waals surface area contributed by atoms with Gasteiger partial charge in [-0.2, -0.15) is 10.5 Å². The van der Waals surface area contributed by atoms with Crippen LogP contribution in [0.2, 0.25) is 0 Å². The van der Waals surface area contributed by atoms with Gasteiger partial charge in [0.05, 0.1) is 22.5 Å². The van der Waals surface area contributed by atoms with E-state index >= 15 is 0 Å². The predicted octanol–water partition coefficient (Wildman–Crippen LogP) is 1.43. The summed E-state index contributed by atoms with van der Waals surface area (Å²) in [6.07, 6.45) is 0. The maximum Gasteiger partial charge on any atom is 0.213 e. The zero-order valence-electron chi connectivity index (χ0n) is 10.7. The second-order valence-corrected chi connectivity index (χ2v) is 6.00. The third-order valence-electron chi connectivity index (χ3n) is 2.87. The van der Waals surface area contributed by atoms with Crippen LogP contribution in [0.5, 0.6) is 0 Å². The quantitative estimate of drug-likeness (QED) is 0.805. The first-order valence-corrected chi connectivity index (χ1v) is 7.24. The molecule has 4 N–H and O–H groups in total. The molecule has 2 aromatic carbocycles. The van der Waals surface area contributed by atoms with Gasteiger partial charge in [0.2, 0.25) is 9.84 Å². The number of nitrogen functional groups attached to an aromatic ring is 2. The minimum Gasteiger partial charge on any atom is -0.398 e. The van der Waals surface area contributed by atoms with Crippen LogP contribution in [0.3, 0.4) is 0 Å². The predicted molar refractivity (Wildman–Crippen MR) is 76.6 cm³/mol. The molecular formula is C14H10N4O2S. The summed E-state index contributed by atoms with van der Waals surface area (Å²) in [5.74, 6) is 0. The molecule has 0 aromatic heterocycles. The Labute approximate surface area is 121 Å². The number of nitrogens with two attached hydrogens (primary N) is 2. The highest BCUT2D eigenvalue weighted by Gasteiger charge is 2.28. The van der Waals surface area contributed by atoms with E-state index in [2.05, 4.69) is 0 Å². The Morgan fingerprint density at radius 2 is 1.24 bits per heavy atom. The zero-order chi connectivity index (χ0) is 15.6. The minimum atomic E-state index is -4.18. The van der Waals surface area contributed by atoms with Gasteiger partial charge in [0.1, 0.15) is 21.9 Å². The Hall–Kier alpha value is -3.03. The zero-order valence-corrected chi connectivity index (χ0v) is 11.6. The van der Waals surface area contributed by atoms with Crippen LogP contribution in [0.1, 0.15) is 11.1 Å². The Balaban J connectivity index is 2.91. The lowest BCUT2D eigenvalue weighted by molar-refractivity contribution is 0.596. The summed E-state index contributed by atoms with van der Waals surface area (Å²) in [5, 5.41) is 18.2. The van der Waals surface area contributed by atoms with E-state index in [1.165, 1.54) is 36.4 Å². The molecular weight excluding hydrogens is 288 g/mol. The molecule has 0 radical (unpaired) electrons. The van der Waals surface area contributed by atoms with Crippen LogP contribution in [0.15, 0.2) is 46.2 Å². The van der Waals surface area contributed by atoms with Crippen LogP contribution >= 0.6 is 0 Å². The number of sulfone groups is 1. The van der Waals surface area contributed by atoms with Crippen molar-refractivity contribution in [3.63, 3.8) is 0 Å². The molecule has 2 rings (SSSR count). The number of benzene rings is 2. The average Bonchev–Trinajstić information content (AvgIpc) is 2.45. The Morgan fingerprint density at radius 3 is 1.67 bits per heavy atom. The van der Waals surface area contributed by atoms with Crippen molar-refractivity contribution in [2.75, 3.05) is 11.5 Å².